The molecule has 80 heavy (non-hydrogen) atoms. The van der Waals surface area contributed by atoms with E-state index in [1.165, 1.54) is 109 Å². The number of amides is 1. The molecule has 3 atom stereocenters. The minimum Gasteiger partial charge on any atom is -0.456 e. The Hall–Kier alpha value is -3.33. The Balaban J connectivity index is 5.24. The summed E-state index contributed by atoms with van der Waals surface area (Å²) in [5.41, 5.74) is 0. The van der Waals surface area contributed by atoms with Gasteiger partial charge in [-0.1, -0.05) is 252 Å². The molecule has 0 bridgehead atoms. The van der Waals surface area contributed by atoms with Crippen LogP contribution in [0, 0.1) is 0 Å². The van der Waals surface area contributed by atoms with Crippen LogP contribution in [0.3, 0.4) is 0 Å². The number of esters is 1. The summed E-state index contributed by atoms with van der Waals surface area (Å²) in [5.74, 6) is -0.536. The summed E-state index contributed by atoms with van der Waals surface area (Å²) in [6, 6.07) is -0.867. The topological polar surface area (TPSA) is 111 Å². The number of carbonyl (C=O) groups is 2. The number of rotatable bonds is 58. The number of hydrogen-bond donors (Lipinski definition) is 2. The minimum absolute atomic E-state index is 0.0302. The molecular formula is C70H124N2O7P+. The summed E-state index contributed by atoms with van der Waals surface area (Å²) in [6.07, 6.45) is 80.8. The molecule has 0 aliphatic rings. The van der Waals surface area contributed by atoms with Crippen molar-refractivity contribution < 1.29 is 37.3 Å². The van der Waals surface area contributed by atoms with Crippen molar-refractivity contribution in [3.8, 4) is 0 Å². The first-order valence-electron chi connectivity index (χ1n) is 32.7. The van der Waals surface area contributed by atoms with E-state index < -0.39 is 20.0 Å². The SMILES string of the molecule is CC/C=C\C/C=C\C/C=C\C/C=C\C/C=C\CCCCCCCCCC(=O)NC(COP(=O)(O)OCC[N+](C)(C)C)C(/C=C\CCCCCCCCCCCC)OC(=O)CCCCCCCC/C=C\C/C=C\C/C=C\CCCCC. The number of allylic oxidation sites excluding steroid dienone is 17. The van der Waals surface area contributed by atoms with Crippen LogP contribution < -0.4 is 5.32 Å². The number of hydrogen-bond acceptors (Lipinski definition) is 6. The summed E-state index contributed by atoms with van der Waals surface area (Å²) in [7, 11) is 1.47. The largest absolute Gasteiger partial charge is 0.472 e. The second-order valence-corrected chi connectivity index (χ2v) is 24.4. The van der Waals surface area contributed by atoms with Crippen LogP contribution in [0.25, 0.3) is 0 Å². The van der Waals surface area contributed by atoms with Crippen LogP contribution in [0.4, 0.5) is 0 Å². The van der Waals surface area contributed by atoms with E-state index in [2.05, 4.69) is 123 Å². The number of unbranched alkanes of at least 4 members (excludes halogenated alkanes) is 26. The van der Waals surface area contributed by atoms with Gasteiger partial charge in [0.1, 0.15) is 19.3 Å². The molecule has 0 spiro atoms. The Kier molecular flexibility index (Phi) is 56.4. The highest BCUT2D eigenvalue weighted by atomic mass is 31.2. The second kappa shape index (κ2) is 58.9. The molecule has 2 N–H and O–H groups in total. The molecule has 0 fully saturated rings. The van der Waals surface area contributed by atoms with E-state index >= 15 is 0 Å². The fourth-order valence-electron chi connectivity index (χ4n) is 8.91. The van der Waals surface area contributed by atoms with Crippen LogP contribution >= 0.6 is 7.82 Å². The molecule has 0 radical (unpaired) electrons. The van der Waals surface area contributed by atoms with Gasteiger partial charge in [0.25, 0.3) is 0 Å². The van der Waals surface area contributed by atoms with E-state index in [-0.39, 0.29) is 31.5 Å². The van der Waals surface area contributed by atoms with Gasteiger partial charge in [-0.15, -0.1) is 0 Å². The summed E-state index contributed by atoms with van der Waals surface area (Å²) in [4.78, 5) is 37.8. The van der Waals surface area contributed by atoms with Crippen molar-refractivity contribution in [2.45, 2.75) is 283 Å². The maximum absolute atomic E-state index is 13.6. The van der Waals surface area contributed by atoms with Crippen LogP contribution in [0.15, 0.2) is 109 Å². The first-order chi connectivity index (χ1) is 38.9. The lowest BCUT2D eigenvalue weighted by Gasteiger charge is -2.27. The Morgan fingerprint density at radius 1 is 0.450 bits per heavy atom. The van der Waals surface area contributed by atoms with Gasteiger partial charge in [0.15, 0.2) is 0 Å². The molecule has 0 saturated heterocycles. The quantitative estimate of drug-likeness (QED) is 0.0205. The third kappa shape index (κ3) is 59.3. The molecule has 460 valence electrons. The van der Waals surface area contributed by atoms with Crippen LogP contribution in [0.1, 0.15) is 271 Å². The number of phosphoric ester groups is 1. The number of ether oxygens (including phenoxy) is 1. The summed E-state index contributed by atoms with van der Waals surface area (Å²) in [5, 5.41) is 3.05. The number of nitrogens with one attached hydrogen (secondary N) is 1. The van der Waals surface area contributed by atoms with Gasteiger partial charge in [-0.25, -0.2) is 4.57 Å². The summed E-state index contributed by atoms with van der Waals surface area (Å²) in [6.45, 7) is 6.85. The van der Waals surface area contributed by atoms with Gasteiger partial charge >= 0.3 is 13.8 Å². The molecule has 3 unspecified atom stereocenters. The molecule has 0 aromatic heterocycles. The molecule has 0 rings (SSSR count). The first-order valence-corrected chi connectivity index (χ1v) is 34.2. The predicted octanol–water partition coefficient (Wildman–Crippen LogP) is 20.5. The maximum atomic E-state index is 13.6. The van der Waals surface area contributed by atoms with E-state index in [9.17, 15) is 19.0 Å². The molecule has 0 heterocycles. The Morgan fingerprint density at radius 3 is 1.23 bits per heavy atom. The van der Waals surface area contributed by atoms with Crippen LogP contribution in [-0.4, -0.2) is 74.3 Å². The lowest BCUT2D eigenvalue weighted by Crippen LogP contribution is -2.47. The van der Waals surface area contributed by atoms with E-state index in [4.69, 9.17) is 13.8 Å². The van der Waals surface area contributed by atoms with Gasteiger partial charge in [0.2, 0.25) is 5.91 Å². The smallest absolute Gasteiger partial charge is 0.456 e. The Labute approximate surface area is 493 Å². The maximum Gasteiger partial charge on any atom is 0.472 e. The molecule has 0 aliphatic heterocycles. The monoisotopic (exact) mass is 1140 g/mol. The van der Waals surface area contributed by atoms with Crippen molar-refractivity contribution in [2.24, 2.45) is 0 Å². The molecule has 0 saturated carbocycles. The molecule has 0 aromatic carbocycles. The average molecular weight is 1140 g/mol. The number of phosphoric acid groups is 1. The highest BCUT2D eigenvalue weighted by Gasteiger charge is 2.30. The molecule has 9 nitrogen and oxygen atoms in total. The average Bonchev–Trinajstić information content (AvgIpc) is 3.42. The fourth-order valence-corrected chi connectivity index (χ4v) is 9.65. The van der Waals surface area contributed by atoms with Crippen molar-refractivity contribution in [1.29, 1.82) is 0 Å². The molecule has 0 aromatic rings. The number of nitrogens with zero attached hydrogens (tertiary/aromatic N) is 1. The first kappa shape index (κ1) is 76.7. The van der Waals surface area contributed by atoms with E-state index in [0.717, 1.165) is 128 Å². The lowest BCUT2D eigenvalue weighted by molar-refractivity contribution is -0.870. The van der Waals surface area contributed by atoms with Crippen molar-refractivity contribution in [3.05, 3.63) is 109 Å². The number of carbonyl (C=O) groups excluding carboxylic acids is 2. The number of likely N-dealkylation sites (N-methyl/N-ethyl adjacent to an activating group) is 1. The highest BCUT2D eigenvalue weighted by Crippen LogP contribution is 2.43. The van der Waals surface area contributed by atoms with E-state index in [1.54, 1.807) is 0 Å². The van der Waals surface area contributed by atoms with Crippen molar-refractivity contribution in [2.75, 3.05) is 40.9 Å². The van der Waals surface area contributed by atoms with Gasteiger partial charge in [-0.2, -0.15) is 0 Å². The fraction of sp³-hybridized carbons (Fsp3) is 0.714. The predicted molar refractivity (Wildman–Crippen MR) is 346 cm³/mol. The van der Waals surface area contributed by atoms with Gasteiger partial charge in [0, 0.05) is 12.8 Å². The van der Waals surface area contributed by atoms with Crippen LogP contribution in [0.2, 0.25) is 0 Å². The van der Waals surface area contributed by atoms with Crippen molar-refractivity contribution in [1.82, 2.24) is 5.32 Å². The summed E-state index contributed by atoms with van der Waals surface area (Å²) < 4.78 is 30.7. The highest BCUT2D eigenvalue weighted by molar-refractivity contribution is 7.47. The second-order valence-electron chi connectivity index (χ2n) is 22.9. The zero-order chi connectivity index (χ0) is 58.6. The van der Waals surface area contributed by atoms with Crippen molar-refractivity contribution >= 4 is 19.7 Å². The molecule has 10 heteroatoms. The Bertz CT molecular complexity index is 1740. The zero-order valence-electron chi connectivity index (χ0n) is 52.5. The molecular weight excluding hydrogens is 1010 g/mol. The van der Waals surface area contributed by atoms with Gasteiger partial charge in [-0.3, -0.25) is 18.6 Å². The third-order valence-electron chi connectivity index (χ3n) is 13.9. The lowest BCUT2D eigenvalue weighted by atomic mass is 10.0. The van der Waals surface area contributed by atoms with Crippen LogP contribution in [-0.2, 0) is 27.9 Å². The third-order valence-corrected chi connectivity index (χ3v) is 14.9. The number of quaternary nitrogens is 1. The standard InChI is InChI=1S/C70H123N2O7P/c1-7-10-13-16-19-22-25-28-30-32-34-35-36-37-39-40-42-44-47-50-53-56-59-62-69(73)71-67(66-78-80(75,76)77-65-64-72(4,5)6)68(61-58-55-52-49-46-27-24-21-18-15-12-9-3)79-70(74)63-60-57-54-51-48-45-43-41-38-33-31-29-26-23-20-17-14-11-8-2/h10,13,19-20,22-23,28-31,34-35,37-39,41,58,61,67-68H,7-9,11-12,14-18,21,24-27,32-33,36,40,42-57,59-60,62-66H2,1-6H3,(H-,71,73,75,76)/p+1/b13-10-,22-19-,23-20-,30-28-,31-29-,35-34-,39-37-,41-38-,61-58-. The zero-order valence-corrected chi connectivity index (χ0v) is 53.4. The van der Waals surface area contributed by atoms with Gasteiger partial charge < -0.3 is 19.4 Å². The van der Waals surface area contributed by atoms with Gasteiger partial charge in [-0.05, 0) is 115 Å². The van der Waals surface area contributed by atoms with Crippen LogP contribution in [0.5, 0.6) is 0 Å². The normalized spacial score (nSPS) is 14.3. The van der Waals surface area contributed by atoms with E-state index in [1.807, 2.05) is 33.3 Å². The summed E-state index contributed by atoms with van der Waals surface area (Å²) >= 11 is 0. The van der Waals surface area contributed by atoms with Crippen molar-refractivity contribution in [3.63, 3.8) is 0 Å². The molecule has 0 aliphatic carbocycles. The van der Waals surface area contributed by atoms with E-state index in [0.29, 0.717) is 17.4 Å². The Morgan fingerprint density at radius 2 is 0.800 bits per heavy atom. The minimum atomic E-state index is -4.46. The van der Waals surface area contributed by atoms with Gasteiger partial charge in [0.05, 0.1) is 33.8 Å². The molecule has 1 amide bonds.